The van der Waals surface area contributed by atoms with Crippen LogP contribution in [-0.4, -0.2) is 4.57 Å². The summed E-state index contributed by atoms with van der Waals surface area (Å²) in [5.41, 5.74) is 9.75. The van der Waals surface area contributed by atoms with Crippen molar-refractivity contribution in [1.82, 2.24) is 4.57 Å². The Morgan fingerprint density at radius 2 is 1.63 bits per heavy atom. The Kier molecular flexibility index (Phi) is 5.70. The summed E-state index contributed by atoms with van der Waals surface area (Å²) in [7, 11) is 2.16. The SMILES string of the molecule is CC.CC.Cc1ccc(-c2ccc3c4c5c(ccc24)C=CCC5=CC3)n1C. The average molecular weight is 358 g/mol. The number of rotatable bonds is 1. The highest BCUT2D eigenvalue weighted by molar-refractivity contribution is 6.07. The zero-order valence-corrected chi connectivity index (χ0v) is 17.6. The fourth-order valence-corrected chi connectivity index (χ4v) is 4.13. The molecule has 0 atom stereocenters. The largest absolute Gasteiger partial charge is 0.348 e. The zero-order chi connectivity index (χ0) is 19.6. The van der Waals surface area contributed by atoms with Crippen LogP contribution in [0, 0.1) is 6.92 Å². The lowest BCUT2D eigenvalue weighted by atomic mass is 9.80. The minimum absolute atomic E-state index is 1.06. The second-order valence-electron chi connectivity index (χ2n) is 6.68. The van der Waals surface area contributed by atoms with Gasteiger partial charge >= 0.3 is 0 Å². The Labute approximate surface area is 164 Å². The van der Waals surface area contributed by atoms with Gasteiger partial charge in [0.2, 0.25) is 0 Å². The van der Waals surface area contributed by atoms with Gasteiger partial charge in [0.15, 0.2) is 0 Å². The van der Waals surface area contributed by atoms with E-state index >= 15 is 0 Å². The van der Waals surface area contributed by atoms with Crippen LogP contribution in [0.25, 0.3) is 33.7 Å². The van der Waals surface area contributed by atoms with Gasteiger partial charge in [0.1, 0.15) is 0 Å². The van der Waals surface area contributed by atoms with E-state index < -0.39 is 0 Å². The van der Waals surface area contributed by atoms with E-state index in [1.807, 2.05) is 27.7 Å². The highest BCUT2D eigenvalue weighted by Gasteiger charge is 2.21. The molecule has 5 rings (SSSR count). The third-order valence-electron chi connectivity index (χ3n) is 5.47. The van der Waals surface area contributed by atoms with Crippen molar-refractivity contribution in [2.45, 2.75) is 47.5 Å². The van der Waals surface area contributed by atoms with Gasteiger partial charge in [0, 0.05) is 24.0 Å². The molecule has 1 heteroatoms. The van der Waals surface area contributed by atoms with Gasteiger partial charge in [0.25, 0.3) is 0 Å². The van der Waals surface area contributed by atoms with E-state index in [1.54, 1.807) is 0 Å². The second kappa shape index (κ2) is 8.00. The minimum atomic E-state index is 1.06. The predicted molar refractivity (Wildman–Crippen MR) is 121 cm³/mol. The maximum atomic E-state index is 2.41. The summed E-state index contributed by atoms with van der Waals surface area (Å²) in [6.07, 6.45) is 9.11. The summed E-state index contributed by atoms with van der Waals surface area (Å²) in [6, 6.07) is 13.7. The molecule has 2 aliphatic carbocycles. The number of hydrogen-bond acceptors (Lipinski definition) is 0. The minimum Gasteiger partial charge on any atom is -0.348 e. The van der Waals surface area contributed by atoms with E-state index in [1.165, 1.54) is 50.0 Å². The van der Waals surface area contributed by atoms with E-state index in [4.69, 9.17) is 0 Å². The highest BCUT2D eigenvalue weighted by Crippen LogP contribution is 2.43. The van der Waals surface area contributed by atoms with Crippen LogP contribution in [0.1, 0.15) is 56.5 Å². The summed E-state index contributed by atoms with van der Waals surface area (Å²) in [5, 5.41) is 2.86. The van der Waals surface area contributed by atoms with Crippen molar-refractivity contribution >= 4 is 22.4 Å². The summed E-state index contributed by atoms with van der Waals surface area (Å²) in [4.78, 5) is 0. The van der Waals surface area contributed by atoms with Crippen molar-refractivity contribution in [2.24, 2.45) is 7.05 Å². The van der Waals surface area contributed by atoms with Crippen molar-refractivity contribution in [2.75, 3.05) is 0 Å². The zero-order valence-electron chi connectivity index (χ0n) is 17.6. The summed E-state index contributed by atoms with van der Waals surface area (Å²) >= 11 is 0. The number of aryl methyl sites for hydroxylation is 1. The molecule has 0 N–H and O–H groups in total. The molecule has 0 unspecified atom stereocenters. The molecule has 0 aliphatic heterocycles. The fraction of sp³-hybridized carbons (Fsp3) is 0.308. The molecular formula is C26H31N. The lowest BCUT2D eigenvalue weighted by Gasteiger charge is -2.24. The maximum absolute atomic E-state index is 2.41. The maximum Gasteiger partial charge on any atom is 0.0486 e. The van der Waals surface area contributed by atoms with Crippen molar-refractivity contribution in [3.63, 3.8) is 0 Å². The topological polar surface area (TPSA) is 4.93 Å². The normalized spacial score (nSPS) is 13.3. The predicted octanol–water partition coefficient (Wildman–Crippen LogP) is 7.56. The Morgan fingerprint density at radius 3 is 2.33 bits per heavy atom. The first-order valence-corrected chi connectivity index (χ1v) is 10.3. The van der Waals surface area contributed by atoms with Crippen molar-refractivity contribution in [1.29, 1.82) is 0 Å². The molecule has 3 aromatic rings. The van der Waals surface area contributed by atoms with Gasteiger partial charge < -0.3 is 4.57 Å². The van der Waals surface area contributed by atoms with E-state index in [0.717, 1.165) is 12.8 Å². The van der Waals surface area contributed by atoms with E-state index in [-0.39, 0.29) is 0 Å². The van der Waals surface area contributed by atoms with Gasteiger partial charge in [-0.3, -0.25) is 0 Å². The molecule has 27 heavy (non-hydrogen) atoms. The molecule has 2 aromatic carbocycles. The number of nitrogens with zero attached hydrogens (tertiary/aromatic N) is 1. The summed E-state index contributed by atoms with van der Waals surface area (Å²) < 4.78 is 2.29. The molecule has 0 saturated carbocycles. The first kappa shape index (κ1) is 19.2. The van der Waals surface area contributed by atoms with Gasteiger partial charge in [-0.25, -0.2) is 0 Å². The Morgan fingerprint density at radius 1 is 0.852 bits per heavy atom. The van der Waals surface area contributed by atoms with E-state index in [9.17, 15) is 0 Å². The fourth-order valence-electron chi connectivity index (χ4n) is 4.13. The van der Waals surface area contributed by atoms with Gasteiger partial charge in [-0.15, -0.1) is 0 Å². The van der Waals surface area contributed by atoms with Crippen LogP contribution in [-0.2, 0) is 13.5 Å². The standard InChI is InChI=1S/C22H19N.2C2H6/c1-14-6-13-20(23(14)2)18-11-9-17-8-7-15-4-3-5-16-10-12-19(18)22(17)21(15)16;2*1-2/h3,5-7,9-13H,4,8H2,1-2H3;2*1-2H3. The lowest BCUT2D eigenvalue weighted by Crippen LogP contribution is -2.04. The van der Waals surface area contributed by atoms with Crippen LogP contribution in [0.3, 0.4) is 0 Å². The van der Waals surface area contributed by atoms with Crippen LogP contribution >= 0.6 is 0 Å². The van der Waals surface area contributed by atoms with Crippen molar-refractivity contribution in [3.05, 3.63) is 70.9 Å². The molecule has 0 spiro atoms. The molecular weight excluding hydrogens is 326 g/mol. The first-order valence-electron chi connectivity index (χ1n) is 10.3. The smallest absolute Gasteiger partial charge is 0.0486 e. The van der Waals surface area contributed by atoms with Gasteiger partial charge in [0.05, 0.1) is 0 Å². The molecule has 140 valence electrons. The molecule has 1 aromatic heterocycles. The van der Waals surface area contributed by atoms with Crippen LogP contribution in [0.2, 0.25) is 0 Å². The number of benzene rings is 2. The van der Waals surface area contributed by atoms with Gasteiger partial charge in [-0.1, -0.05) is 70.2 Å². The number of hydrogen-bond donors (Lipinski definition) is 0. The molecule has 0 radical (unpaired) electrons. The van der Waals surface area contributed by atoms with Crippen LogP contribution in [0.4, 0.5) is 0 Å². The van der Waals surface area contributed by atoms with Crippen LogP contribution in [0.15, 0.2) is 48.6 Å². The molecule has 0 bridgehead atoms. The highest BCUT2D eigenvalue weighted by atomic mass is 14.9. The second-order valence-corrected chi connectivity index (χ2v) is 6.68. The lowest BCUT2D eigenvalue weighted by molar-refractivity contribution is 0.892. The Balaban J connectivity index is 0.000000495. The van der Waals surface area contributed by atoms with Crippen molar-refractivity contribution in [3.8, 4) is 11.3 Å². The van der Waals surface area contributed by atoms with E-state index in [0.29, 0.717) is 0 Å². The van der Waals surface area contributed by atoms with Crippen molar-refractivity contribution < 1.29 is 0 Å². The molecule has 2 aliphatic rings. The average Bonchev–Trinajstić information content (AvgIpc) is 3.07. The third kappa shape index (κ3) is 3.06. The van der Waals surface area contributed by atoms with E-state index in [2.05, 4.69) is 73.2 Å². The molecule has 1 heterocycles. The summed E-state index contributed by atoms with van der Waals surface area (Å²) in [6.45, 7) is 10.2. The number of aromatic nitrogens is 1. The first-order chi connectivity index (χ1) is 13.2. The summed E-state index contributed by atoms with van der Waals surface area (Å²) in [5.74, 6) is 0. The molecule has 0 amide bonds. The van der Waals surface area contributed by atoms with Crippen LogP contribution in [0.5, 0.6) is 0 Å². The van der Waals surface area contributed by atoms with Gasteiger partial charge in [-0.2, -0.15) is 0 Å². The third-order valence-corrected chi connectivity index (χ3v) is 5.47. The quantitative estimate of drug-likeness (QED) is 0.423. The Hall–Kier alpha value is -2.54. The number of allylic oxidation sites excluding steroid dienone is 3. The molecule has 0 saturated heterocycles. The Bertz CT molecular complexity index is 1030. The van der Waals surface area contributed by atoms with Crippen LogP contribution < -0.4 is 0 Å². The molecule has 0 fully saturated rings. The van der Waals surface area contributed by atoms with Gasteiger partial charge in [-0.05, 0) is 64.9 Å². The monoisotopic (exact) mass is 357 g/mol. The molecule has 1 nitrogen and oxygen atoms in total.